The fourth-order valence-electron chi connectivity index (χ4n) is 2.91. The van der Waals surface area contributed by atoms with Gasteiger partial charge in [0.15, 0.2) is 5.69 Å². The monoisotopic (exact) mass is 459 g/mol. The van der Waals surface area contributed by atoms with Crippen LogP contribution in [0, 0.1) is 5.82 Å². The lowest BCUT2D eigenvalue weighted by atomic mass is 10.1. The molecule has 0 atom stereocenters. The van der Waals surface area contributed by atoms with Gasteiger partial charge in [-0.2, -0.15) is 0 Å². The summed E-state index contributed by atoms with van der Waals surface area (Å²) in [6, 6.07) is 9.76. The van der Waals surface area contributed by atoms with Gasteiger partial charge in [0.2, 0.25) is 0 Å². The van der Waals surface area contributed by atoms with Crippen LogP contribution in [0.25, 0.3) is 10.9 Å². The normalized spacial score (nSPS) is 11.1. The fraction of sp³-hybridized carbons (Fsp3) is 0.286. The molecule has 0 saturated carbocycles. The second-order valence-corrected chi connectivity index (χ2v) is 7.67. The molecule has 6 nitrogen and oxygen atoms in total. The van der Waals surface area contributed by atoms with E-state index in [1.165, 1.54) is 12.1 Å². The summed E-state index contributed by atoms with van der Waals surface area (Å²) in [6.45, 7) is 1.89. The summed E-state index contributed by atoms with van der Waals surface area (Å²) < 4.78 is 13.6. The minimum atomic E-state index is -0.322. The van der Waals surface area contributed by atoms with E-state index in [4.69, 9.17) is 0 Å². The third kappa shape index (κ3) is 5.48. The van der Waals surface area contributed by atoms with Crippen LogP contribution >= 0.6 is 15.9 Å². The molecule has 0 bridgehead atoms. The Labute approximate surface area is 177 Å². The number of nitrogens with one attached hydrogen (secondary N) is 2. The third-order valence-electron chi connectivity index (χ3n) is 4.38. The molecule has 0 aliphatic heterocycles. The van der Waals surface area contributed by atoms with Gasteiger partial charge in [0.25, 0.3) is 5.91 Å². The van der Waals surface area contributed by atoms with E-state index < -0.39 is 0 Å². The molecule has 1 amide bonds. The summed E-state index contributed by atoms with van der Waals surface area (Å²) in [6.07, 6.45) is 2.61. The van der Waals surface area contributed by atoms with Gasteiger partial charge in [0.1, 0.15) is 10.4 Å². The zero-order valence-corrected chi connectivity index (χ0v) is 18.0. The van der Waals surface area contributed by atoms with Gasteiger partial charge in [-0.05, 0) is 72.8 Å². The number of nitrogens with zero attached hydrogens (tertiary/aromatic N) is 3. The van der Waals surface area contributed by atoms with E-state index in [-0.39, 0.29) is 24.0 Å². The van der Waals surface area contributed by atoms with Crippen LogP contribution in [0.1, 0.15) is 22.5 Å². The fourth-order valence-corrected chi connectivity index (χ4v) is 3.40. The number of halogens is 2. The molecule has 2 aromatic heterocycles. The van der Waals surface area contributed by atoms with Crippen LogP contribution < -0.4 is 10.6 Å². The van der Waals surface area contributed by atoms with E-state index in [2.05, 4.69) is 41.4 Å². The Hall–Kier alpha value is -2.58. The lowest BCUT2D eigenvalue weighted by Gasteiger charge is -2.16. The molecule has 2 heterocycles. The molecule has 0 unspecified atom stereocenters. The standard InChI is InChI=1S/C21H23BrFN5O/c1-28(2)12-4-11-25-18-17-16(5-3-10-24-17)20(22)27-19(18)21(29)26-13-14-6-8-15(23)9-7-14/h3,5-10,25H,4,11-13H2,1-2H3,(H,26,29). The SMILES string of the molecule is CN(C)CCCNc1c(C(=O)NCc2ccc(F)cc2)nc(Br)c2cccnc12. The quantitative estimate of drug-likeness (QED) is 0.395. The number of benzene rings is 1. The number of fused-ring (bicyclic) bond motifs is 1. The van der Waals surface area contributed by atoms with Crippen LogP contribution in [-0.4, -0.2) is 48.0 Å². The zero-order valence-electron chi connectivity index (χ0n) is 16.4. The Kier molecular flexibility index (Phi) is 7.11. The predicted octanol–water partition coefficient (Wildman–Crippen LogP) is 3.83. The van der Waals surface area contributed by atoms with Crippen molar-refractivity contribution in [2.45, 2.75) is 13.0 Å². The Morgan fingerprint density at radius 2 is 1.97 bits per heavy atom. The molecule has 0 saturated heterocycles. The van der Waals surface area contributed by atoms with Crippen LogP contribution in [0.5, 0.6) is 0 Å². The number of amides is 1. The first-order valence-corrected chi connectivity index (χ1v) is 10.1. The lowest BCUT2D eigenvalue weighted by molar-refractivity contribution is 0.0947. The number of carbonyl (C=O) groups is 1. The first-order valence-electron chi connectivity index (χ1n) is 9.31. The van der Waals surface area contributed by atoms with Gasteiger partial charge in [-0.15, -0.1) is 0 Å². The maximum Gasteiger partial charge on any atom is 0.272 e. The van der Waals surface area contributed by atoms with Gasteiger partial charge in [-0.1, -0.05) is 12.1 Å². The molecule has 152 valence electrons. The number of pyridine rings is 2. The largest absolute Gasteiger partial charge is 0.381 e. The molecule has 0 spiro atoms. The molecule has 3 rings (SSSR count). The van der Waals surface area contributed by atoms with E-state index in [1.807, 2.05) is 26.2 Å². The van der Waals surface area contributed by atoms with Crippen molar-refractivity contribution in [3.63, 3.8) is 0 Å². The second kappa shape index (κ2) is 9.76. The van der Waals surface area contributed by atoms with Crippen LogP contribution in [-0.2, 0) is 6.54 Å². The van der Waals surface area contributed by atoms with Crippen molar-refractivity contribution >= 4 is 38.4 Å². The Bertz CT molecular complexity index is 994. The second-order valence-electron chi connectivity index (χ2n) is 6.92. The van der Waals surface area contributed by atoms with Crippen LogP contribution in [0.15, 0.2) is 47.2 Å². The van der Waals surface area contributed by atoms with Crippen LogP contribution in [0.4, 0.5) is 10.1 Å². The average Bonchev–Trinajstić information content (AvgIpc) is 2.71. The molecule has 29 heavy (non-hydrogen) atoms. The van der Waals surface area contributed by atoms with Crippen LogP contribution in [0.2, 0.25) is 0 Å². The Morgan fingerprint density at radius 1 is 1.21 bits per heavy atom. The van der Waals surface area contributed by atoms with Crippen molar-refractivity contribution in [2.24, 2.45) is 0 Å². The topological polar surface area (TPSA) is 70.2 Å². The smallest absolute Gasteiger partial charge is 0.272 e. The lowest BCUT2D eigenvalue weighted by Crippen LogP contribution is -2.26. The number of rotatable bonds is 8. The highest BCUT2D eigenvalue weighted by molar-refractivity contribution is 9.10. The van der Waals surface area contributed by atoms with Gasteiger partial charge in [0.05, 0.1) is 11.2 Å². The summed E-state index contributed by atoms with van der Waals surface area (Å²) in [4.78, 5) is 23.9. The van der Waals surface area contributed by atoms with E-state index in [0.717, 1.165) is 23.9 Å². The van der Waals surface area contributed by atoms with E-state index in [0.29, 0.717) is 22.4 Å². The van der Waals surface area contributed by atoms with Gasteiger partial charge >= 0.3 is 0 Å². The van der Waals surface area contributed by atoms with Crippen molar-refractivity contribution in [3.8, 4) is 0 Å². The van der Waals surface area contributed by atoms with E-state index in [1.54, 1.807) is 18.3 Å². The van der Waals surface area contributed by atoms with Crippen molar-refractivity contribution in [2.75, 3.05) is 32.5 Å². The summed E-state index contributed by atoms with van der Waals surface area (Å²) >= 11 is 3.45. The molecule has 0 fully saturated rings. The predicted molar refractivity (Wildman–Crippen MR) is 116 cm³/mol. The van der Waals surface area contributed by atoms with Crippen molar-refractivity contribution in [1.82, 2.24) is 20.2 Å². The van der Waals surface area contributed by atoms with Crippen molar-refractivity contribution in [3.05, 3.63) is 64.3 Å². The number of anilines is 1. The Balaban J connectivity index is 1.85. The number of hydrogen-bond acceptors (Lipinski definition) is 5. The van der Waals surface area contributed by atoms with Gasteiger partial charge in [0, 0.05) is 24.7 Å². The number of aromatic nitrogens is 2. The van der Waals surface area contributed by atoms with Crippen molar-refractivity contribution < 1.29 is 9.18 Å². The highest BCUT2D eigenvalue weighted by Gasteiger charge is 2.19. The van der Waals surface area contributed by atoms with E-state index in [9.17, 15) is 9.18 Å². The van der Waals surface area contributed by atoms with Gasteiger partial charge < -0.3 is 15.5 Å². The summed E-state index contributed by atoms with van der Waals surface area (Å²) in [5.41, 5.74) is 2.37. The molecule has 1 aromatic carbocycles. The number of carbonyl (C=O) groups excluding carboxylic acids is 1. The third-order valence-corrected chi connectivity index (χ3v) is 4.98. The molecule has 0 aliphatic rings. The van der Waals surface area contributed by atoms with E-state index >= 15 is 0 Å². The first kappa shape index (κ1) is 21.1. The minimum Gasteiger partial charge on any atom is -0.381 e. The molecule has 8 heteroatoms. The van der Waals surface area contributed by atoms with Crippen LogP contribution in [0.3, 0.4) is 0 Å². The molecule has 0 radical (unpaired) electrons. The first-order chi connectivity index (χ1) is 14.0. The zero-order chi connectivity index (χ0) is 20.8. The molecule has 2 N–H and O–H groups in total. The summed E-state index contributed by atoms with van der Waals surface area (Å²) in [5.74, 6) is -0.631. The summed E-state index contributed by atoms with van der Waals surface area (Å²) in [5, 5.41) is 7.03. The molecular weight excluding hydrogens is 437 g/mol. The highest BCUT2D eigenvalue weighted by atomic mass is 79.9. The summed E-state index contributed by atoms with van der Waals surface area (Å²) in [7, 11) is 4.04. The highest BCUT2D eigenvalue weighted by Crippen LogP contribution is 2.29. The van der Waals surface area contributed by atoms with Gasteiger partial charge in [-0.25, -0.2) is 9.37 Å². The maximum absolute atomic E-state index is 13.1. The maximum atomic E-state index is 13.1. The van der Waals surface area contributed by atoms with Gasteiger partial charge in [-0.3, -0.25) is 9.78 Å². The molecule has 0 aliphatic carbocycles. The number of hydrogen-bond donors (Lipinski definition) is 2. The molecule has 3 aromatic rings. The minimum absolute atomic E-state index is 0.273. The van der Waals surface area contributed by atoms with Crippen molar-refractivity contribution in [1.29, 1.82) is 0 Å². The average molecular weight is 460 g/mol. The Morgan fingerprint density at radius 3 is 2.69 bits per heavy atom. The molecular formula is C21H23BrFN5O.